The molecular formula is C11H19NO3. The van der Waals surface area contributed by atoms with Gasteiger partial charge in [-0.05, 0) is 13.3 Å². The summed E-state index contributed by atoms with van der Waals surface area (Å²) in [4.78, 5) is 22.1. The van der Waals surface area contributed by atoms with Gasteiger partial charge in [0.05, 0.1) is 6.61 Å². The van der Waals surface area contributed by atoms with Gasteiger partial charge >= 0.3 is 5.97 Å². The Kier molecular flexibility index (Phi) is 6.42. The number of esters is 1. The Morgan fingerprint density at radius 1 is 1.40 bits per heavy atom. The van der Waals surface area contributed by atoms with Crippen LogP contribution >= 0.6 is 0 Å². The summed E-state index contributed by atoms with van der Waals surface area (Å²) in [6, 6.07) is 0. The number of carbonyl (C=O) groups excluding carboxylic acids is 2. The molecule has 0 atom stereocenters. The van der Waals surface area contributed by atoms with Crippen molar-refractivity contribution in [3.63, 3.8) is 0 Å². The first kappa shape index (κ1) is 13.7. The minimum Gasteiger partial charge on any atom is -0.462 e. The molecule has 0 aromatic heterocycles. The van der Waals surface area contributed by atoms with Crippen molar-refractivity contribution in [3.8, 4) is 0 Å². The van der Waals surface area contributed by atoms with Crippen molar-refractivity contribution in [3.05, 3.63) is 12.2 Å². The second-order valence-electron chi connectivity index (χ2n) is 3.72. The van der Waals surface area contributed by atoms with Crippen LogP contribution in [0, 0.1) is 5.92 Å². The molecule has 0 rings (SSSR count). The lowest BCUT2D eigenvalue weighted by atomic mass is 10.2. The van der Waals surface area contributed by atoms with E-state index in [2.05, 4.69) is 11.9 Å². The van der Waals surface area contributed by atoms with E-state index in [0.29, 0.717) is 25.1 Å². The molecule has 4 heteroatoms. The van der Waals surface area contributed by atoms with Crippen LogP contribution in [0.1, 0.15) is 27.2 Å². The molecular weight excluding hydrogens is 194 g/mol. The molecule has 0 spiro atoms. The summed E-state index contributed by atoms with van der Waals surface area (Å²) >= 11 is 0. The van der Waals surface area contributed by atoms with Gasteiger partial charge in [-0.15, -0.1) is 0 Å². The molecule has 0 bridgehead atoms. The lowest BCUT2D eigenvalue weighted by molar-refractivity contribution is -0.138. The molecule has 0 radical (unpaired) electrons. The van der Waals surface area contributed by atoms with E-state index in [9.17, 15) is 9.59 Å². The lowest BCUT2D eigenvalue weighted by Crippen LogP contribution is -2.29. The molecule has 1 N–H and O–H groups in total. The predicted molar refractivity (Wildman–Crippen MR) is 58.2 cm³/mol. The minimum absolute atomic E-state index is 0.0111. The molecule has 0 aliphatic rings. The summed E-state index contributed by atoms with van der Waals surface area (Å²) < 4.78 is 4.86. The maximum absolute atomic E-state index is 11.1. The summed E-state index contributed by atoms with van der Waals surface area (Å²) in [6.07, 6.45) is 0.623. The smallest absolute Gasteiger partial charge is 0.333 e. The molecule has 0 aliphatic heterocycles. The van der Waals surface area contributed by atoms with Crippen LogP contribution in [0.3, 0.4) is 0 Å². The highest BCUT2D eigenvalue weighted by atomic mass is 16.5. The third kappa shape index (κ3) is 6.71. The second kappa shape index (κ2) is 7.04. The Hall–Kier alpha value is -1.32. The summed E-state index contributed by atoms with van der Waals surface area (Å²) in [5.74, 6) is -0.380. The lowest BCUT2D eigenvalue weighted by Gasteiger charge is -2.07. The Morgan fingerprint density at radius 3 is 2.47 bits per heavy atom. The molecule has 86 valence electrons. The molecule has 1 amide bonds. The first-order valence-corrected chi connectivity index (χ1v) is 5.05. The fourth-order valence-corrected chi connectivity index (χ4v) is 0.776. The Bertz CT molecular complexity index is 246. The van der Waals surface area contributed by atoms with E-state index in [1.54, 1.807) is 6.92 Å². The number of hydrogen-bond acceptors (Lipinski definition) is 3. The van der Waals surface area contributed by atoms with Gasteiger partial charge < -0.3 is 10.1 Å². The predicted octanol–water partition coefficient (Wildman–Crippen LogP) is 1.27. The van der Waals surface area contributed by atoms with Gasteiger partial charge in [-0.1, -0.05) is 20.4 Å². The molecule has 0 aromatic rings. The molecule has 0 unspecified atom stereocenters. The summed E-state index contributed by atoms with van der Waals surface area (Å²) in [5.41, 5.74) is 0.390. The summed E-state index contributed by atoms with van der Waals surface area (Å²) in [7, 11) is 0. The number of nitrogens with one attached hydrogen (secondary N) is 1. The fraction of sp³-hybridized carbons (Fsp3) is 0.636. The minimum atomic E-state index is -0.384. The summed E-state index contributed by atoms with van der Waals surface area (Å²) in [6.45, 7) is 9.56. The van der Waals surface area contributed by atoms with Crippen molar-refractivity contribution in [1.29, 1.82) is 0 Å². The number of rotatable bonds is 6. The van der Waals surface area contributed by atoms with Crippen LogP contribution in [-0.4, -0.2) is 25.0 Å². The number of carbonyl (C=O) groups is 2. The average Bonchev–Trinajstić information content (AvgIpc) is 2.16. The molecule has 0 aromatic carbocycles. The zero-order valence-electron chi connectivity index (χ0n) is 9.63. The van der Waals surface area contributed by atoms with Crippen LogP contribution in [0.25, 0.3) is 0 Å². The van der Waals surface area contributed by atoms with Gasteiger partial charge in [0.25, 0.3) is 0 Å². The third-order valence-electron chi connectivity index (χ3n) is 1.73. The van der Waals surface area contributed by atoms with E-state index < -0.39 is 0 Å². The van der Waals surface area contributed by atoms with Crippen LogP contribution in [0.15, 0.2) is 12.2 Å². The van der Waals surface area contributed by atoms with Crippen LogP contribution in [0.4, 0.5) is 0 Å². The van der Waals surface area contributed by atoms with Crippen molar-refractivity contribution in [1.82, 2.24) is 5.32 Å². The highest BCUT2D eigenvalue weighted by Gasteiger charge is 2.05. The van der Waals surface area contributed by atoms with E-state index in [1.807, 2.05) is 13.8 Å². The number of hydrogen-bond donors (Lipinski definition) is 1. The second-order valence-corrected chi connectivity index (χ2v) is 3.72. The SMILES string of the molecule is C=C(C)C(=O)OCCCNC(=O)C(C)C. The van der Waals surface area contributed by atoms with Crippen LogP contribution in [0.2, 0.25) is 0 Å². The van der Waals surface area contributed by atoms with Gasteiger partial charge in [0.15, 0.2) is 0 Å². The molecule has 0 aliphatic carbocycles. The van der Waals surface area contributed by atoms with Gasteiger partial charge in [0.2, 0.25) is 5.91 Å². The van der Waals surface area contributed by atoms with E-state index in [1.165, 1.54) is 0 Å². The van der Waals surface area contributed by atoms with Gasteiger partial charge in [-0.2, -0.15) is 0 Å². The highest BCUT2D eigenvalue weighted by molar-refractivity contribution is 5.86. The Labute approximate surface area is 90.7 Å². The fourth-order valence-electron chi connectivity index (χ4n) is 0.776. The first-order chi connectivity index (χ1) is 6.95. The van der Waals surface area contributed by atoms with Gasteiger partial charge in [0.1, 0.15) is 0 Å². The molecule has 0 saturated carbocycles. The van der Waals surface area contributed by atoms with E-state index in [4.69, 9.17) is 4.74 Å². The van der Waals surface area contributed by atoms with Gasteiger partial charge in [-0.25, -0.2) is 4.79 Å². The monoisotopic (exact) mass is 213 g/mol. The quantitative estimate of drug-likeness (QED) is 0.410. The van der Waals surface area contributed by atoms with Crippen molar-refractivity contribution in [2.24, 2.45) is 5.92 Å². The number of amides is 1. The Balaban J connectivity index is 3.44. The maximum Gasteiger partial charge on any atom is 0.333 e. The standard InChI is InChI=1S/C11H19NO3/c1-8(2)10(13)12-6-5-7-15-11(14)9(3)4/h8H,3,5-7H2,1-2,4H3,(H,12,13). The summed E-state index contributed by atoms with van der Waals surface area (Å²) in [5, 5.41) is 2.73. The number of ether oxygens (including phenoxy) is 1. The van der Waals surface area contributed by atoms with Crippen LogP contribution in [-0.2, 0) is 14.3 Å². The molecule has 4 nitrogen and oxygen atoms in total. The molecule has 0 heterocycles. The first-order valence-electron chi connectivity index (χ1n) is 5.05. The van der Waals surface area contributed by atoms with E-state index in [0.717, 1.165) is 0 Å². The Morgan fingerprint density at radius 2 is 2.00 bits per heavy atom. The van der Waals surface area contributed by atoms with Gasteiger partial charge in [0, 0.05) is 18.0 Å². The zero-order chi connectivity index (χ0) is 11.8. The maximum atomic E-state index is 11.1. The highest BCUT2D eigenvalue weighted by Crippen LogP contribution is 1.94. The van der Waals surface area contributed by atoms with Crippen molar-refractivity contribution in [2.75, 3.05) is 13.2 Å². The average molecular weight is 213 g/mol. The third-order valence-corrected chi connectivity index (χ3v) is 1.73. The largest absolute Gasteiger partial charge is 0.462 e. The molecule has 15 heavy (non-hydrogen) atoms. The molecule has 0 fully saturated rings. The van der Waals surface area contributed by atoms with Gasteiger partial charge in [-0.3, -0.25) is 4.79 Å². The van der Waals surface area contributed by atoms with Crippen molar-refractivity contribution >= 4 is 11.9 Å². The van der Waals surface area contributed by atoms with E-state index >= 15 is 0 Å². The normalized spacial score (nSPS) is 9.87. The van der Waals surface area contributed by atoms with Crippen LogP contribution < -0.4 is 5.32 Å². The van der Waals surface area contributed by atoms with Crippen molar-refractivity contribution in [2.45, 2.75) is 27.2 Å². The van der Waals surface area contributed by atoms with Crippen molar-refractivity contribution < 1.29 is 14.3 Å². The zero-order valence-corrected chi connectivity index (χ0v) is 9.63. The van der Waals surface area contributed by atoms with E-state index in [-0.39, 0.29) is 17.8 Å². The molecule has 0 saturated heterocycles. The van der Waals surface area contributed by atoms with Crippen LogP contribution in [0.5, 0.6) is 0 Å². The topological polar surface area (TPSA) is 55.4 Å².